The second kappa shape index (κ2) is 4.40. The van der Waals surface area contributed by atoms with Crippen molar-refractivity contribution < 1.29 is 17.9 Å². The van der Waals surface area contributed by atoms with Crippen molar-refractivity contribution in [2.75, 3.05) is 0 Å². The number of nitrogens with zero attached hydrogens (tertiary/aromatic N) is 1. The van der Waals surface area contributed by atoms with Crippen LogP contribution in [0, 0.1) is 3.57 Å². The van der Waals surface area contributed by atoms with Crippen molar-refractivity contribution in [2.24, 2.45) is 0 Å². The van der Waals surface area contributed by atoms with Crippen LogP contribution in [0.15, 0.2) is 10.8 Å². The summed E-state index contributed by atoms with van der Waals surface area (Å²) in [5.74, 6) is -0.411. The maximum Gasteiger partial charge on any atom is 0.573 e. The first-order valence-electron chi connectivity index (χ1n) is 3.06. The van der Waals surface area contributed by atoms with Crippen LogP contribution in [0.25, 0.3) is 0 Å². The molecule has 1 aromatic heterocycles. The van der Waals surface area contributed by atoms with Crippen LogP contribution >= 0.6 is 50.1 Å². The molecule has 0 aliphatic heterocycles. The number of pyridine rings is 1. The molecular formula is C6HBrClF3INO. The molecule has 0 unspecified atom stereocenters. The number of hydrogen-bond donors (Lipinski definition) is 0. The molecule has 0 saturated heterocycles. The molecule has 0 fully saturated rings. The maximum absolute atomic E-state index is 11.8. The number of hydrogen-bond acceptors (Lipinski definition) is 2. The third kappa shape index (κ3) is 3.13. The molecule has 1 aromatic rings. The van der Waals surface area contributed by atoms with E-state index in [0.717, 1.165) is 6.20 Å². The SMILES string of the molecule is FC(F)(F)Oc1cnc(Br)c(Cl)c1I. The molecule has 8 heteroatoms. The number of aromatic nitrogens is 1. The average molecular weight is 402 g/mol. The standard InChI is InChI=1S/C6HBrClF3INO/c7-5-3(8)4(12)2(1-13-5)14-6(9,10)11/h1H. The van der Waals surface area contributed by atoms with Gasteiger partial charge in [-0.3, -0.25) is 0 Å². The molecule has 14 heavy (non-hydrogen) atoms. The van der Waals surface area contributed by atoms with E-state index >= 15 is 0 Å². The fourth-order valence-corrected chi connectivity index (χ4v) is 1.94. The molecule has 0 aliphatic carbocycles. The molecule has 1 rings (SSSR count). The van der Waals surface area contributed by atoms with Crippen LogP contribution in [0.4, 0.5) is 13.2 Å². The lowest BCUT2D eigenvalue weighted by molar-refractivity contribution is -0.275. The Kier molecular flexibility index (Phi) is 3.87. The summed E-state index contributed by atoms with van der Waals surface area (Å²) in [6.45, 7) is 0. The highest BCUT2D eigenvalue weighted by Gasteiger charge is 2.32. The van der Waals surface area contributed by atoms with Gasteiger partial charge in [-0.05, 0) is 38.5 Å². The number of rotatable bonds is 1. The summed E-state index contributed by atoms with van der Waals surface area (Å²) in [5.41, 5.74) is 0. The minimum Gasteiger partial charge on any atom is -0.403 e. The van der Waals surface area contributed by atoms with Crippen LogP contribution in [0.3, 0.4) is 0 Å². The van der Waals surface area contributed by atoms with Crippen molar-refractivity contribution in [1.29, 1.82) is 0 Å². The van der Waals surface area contributed by atoms with E-state index in [2.05, 4.69) is 25.7 Å². The molecule has 2 nitrogen and oxygen atoms in total. The molecule has 0 aromatic carbocycles. The highest BCUT2D eigenvalue weighted by Crippen LogP contribution is 2.34. The van der Waals surface area contributed by atoms with E-state index in [9.17, 15) is 13.2 Å². The third-order valence-corrected chi connectivity index (χ3v) is 3.70. The van der Waals surface area contributed by atoms with E-state index in [1.54, 1.807) is 22.6 Å². The van der Waals surface area contributed by atoms with E-state index in [1.807, 2.05) is 0 Å². The quantitative estimate of drug-likeness (QED) is 0.523. The average Bonchev–Trinajstić information content (AvgIpc) is 2.04. The largest absolute Gasteiger partial charge is 0.573 e. The molecule has 0 amide bonds. The van der Waals surface area contributed by atoms with Gasteiger partial charge in [0.25, 0.3) is 0 Å². The summed E-state index contributed by atoms with van der Waals surface area (Å²) < 4.78 is 39.7. The van der Waals surface area contributed by atoms with Crippen molar-refractivity contribution in [1.82, 2.24) is 4.98 Å². The molecule has 0 N–H and O–H groups in total. The summed E-state index contributed by atoms with van der Waals surface area (Å²) in [6.07, 6.45) is -3.79. The van der Waals surface area contributed by atoms with E-state index in [-0.39, 0.29) is 13.2 Å². The number of ether oxygens (including phenoxy) is 1. The fraction of sp³-hybridized carbons (Fsp3) is 0.167. The Bertz CT molecular complexity index is 360. The zero-order valence-electron chi connectivity index (χ0n) is 6.20. The Morgan fingerprint density at radius 2 is 2.07 bits per heavy atom. The maximum atomic E-state index is 11.8. The Hall–Kier alpha value is 0.240. The first-order valence-corrected chi connectivity index (χ1v) is 5.31. The Morgan fingerprint density at radius 3 is 2.57 bits per heavy atom. The second-order valence-corrected chi connectivity index (χ2v) is 4.30. The van der Waals surface area contributed by atoms with Gasteiger partial charge in [0.15, 0.2) is 5.75 Å². The first kappa shape index (κ1) is 12.3. The van der Waals surface area contributed by atoms with Gasteiger partial charge in [-0.1, -0.05) is 11.6 Å². The van der Waals surface area contributed by atoms with Crippen molar-refractivity contribution >= 4 is 50.1 Å². The third-order valence-electron chi connectivity index (χ3n) is 1.11. The fourth-order valence-electron chi connectivity index (χ4n) is 0.623. The number of alkyl halides is 3. The van der Waals surface area contributed by atoms with E-state index in [1.165, 1.54) is 0 Å². The molecular weight excluding hydrogens is 401 g/mol. The predicted molar refractivity (Wildman–Crippen MR) is 56.3 cm³/mol. The van der Waals surface area contributed by atoms with Gasteiger partial charge in [-0.25, -0.2) is 4.98 Å². The van der Waals surface area contributed by atoms with Crippen molar-refractivity contribution in [3.8, 4) is 5.75 Å². The van der Waals surface area contributed by atoms with Crippen LogP contribution in [-0.4, -0.2) is 11.3 Å². The van der Waals surface area contributed by atoms with E-state index in [0.29, 0.717) is 0 Å². The van der Waals surface area contributed by atoms with Gasteiger partial charge in [-0.15, -0.1) is 13.2 Å². The Morgan fingerprint density at radius 1 is 1.50 bits per heavy atom. The van der Waals surface area contributed by atoms with Gasteiger partial charge in [0.1, 0.15) is 4.60 Å². The van der Waals surface area contributed by atoms with Gasteiger partial charge in [-0.2, -0.15) is 0 Å². The monoisotopic (exact) mass is 401 g/mol. The van der Waals surface area contributed by atoms with Crippen molar-refractivity contribution in [3.63, 3.8) is 0 Å². The van der Waals surface area contributed by atoms with Crippen molar-refractivity contribution in [2.45, 2.75) is 6.36 Å². The summed E-state index contributed by atoms with van der Waals surface area (Å²) >= 11 is 10.3. The lowest BCUT2D eigenvalue weighted by atomic mass is 10.5. The van der Waals surface area contributed by atoms with Gasteiger partial charge in [0.2, 0.25) is 0 Å². The lowest BCUT2D eigenvalue weighted by Crippen LogP contribution is -2.18. The second-order valence-electron chi connectivity index (χ2n) is 2.09. The molecule has 78 valence electrons. The molecule has 0 radical (unpaired) electrons. The first-order chi connectivity index (χ1) is 6.31. The lowest BCUT2D eigenvalue weighted by Gasteiger charge is -2.10. The van der Waals surface area contributed by atoms with Gasteiger partial charge >= 0.3 is 6.36 Å². The highest BCUT2D eigenvalue weighted by atomic mass is 127. The minimum atomic E-state index is -4.74. The molecule has 0 spiro atoms. The van der Waals surface area contributed by atoms with Crippen LogP contribution in [-0.2, 0) is 0 Å². The zero-order valence-corrected chi connectivity index (χ0v) is 10.7. The van der Waals surface area contributed by atoms with Gasteiger partial charge in [0.05, 0.1) is 14.8 Å². The molecule has 0 saturated carbocycles. The van der Waals surface area contributed by atoms with Crippen molar-refractivity contribution in [3.05, 3.63) is 19.4 Å². The summed E-state index contributed by atoms with van der Waals surface area (Å²) in [4.78, 5) is 3.58. The Labute approximate surface area is 104 Å². The minimum absolute atomic E-state index is 0.0901. The predicted octanol–water partition coefficient (Wildman–Crippen LogP) is 4.00. The molecule has 0 atom stereocenters. The summed E-state index contributed by atoms with van der Waals surface area (Å²) in [5, 5.41) is 0.0901. The topological polar surface area (TPSA) is 22.1 Å². The van der Waals surface area contributed by atoms with Crippen LogP contribution in [0.2, 0.25) is 5.02 Å². The zero-order chi connectivity index (χ0) is 10.9. The van der Waals surface area contributed by atoms with Crippen LogP contribution < -0.4 is 4.74 Å². The summed E-state index contributed by atoms with van der Waals surface area (Å²) in [7, 11) is 0. The van der Waals surface area contributed by atoms with E-state index < -0.39 is 12.1 Å². The molecule has 1 heterocycles. The summed E-state index contributed by atoms with van der Waals surface area (Å²) in [6, 6.07) is 0. The Balaban J connectivity index is 3.06. The molecule has 0 aliphatic rings. The normalized spacial score (nSPS) is 11.6. The molecule has 0 bridgehead atoms. The number of halogens is 6. The van der Waals surface area contributed by atoms with E-state index in [4.69, 9.17) is 11.6 Å². The van der Waals surface area contributed by atoms with Crippen LogP contribution in [0.1, 0.15) is 0 Å². The van der Waals surface area contributed by atoms with Gasteiger partial charge in [0, 0.05) is 0 Å². The highest BCUT2D eigenvalue weighted by molar-refractivity contribution is 14.1. The van der Waals surface area contributed by atoms with Gasteiger partial charge < -0.3 is 4.74 Å². The van der Waals surface area contributed by atoms with Crippen LogP contribution in [0.5, 0.6) is 5.75 Å². The smallest absolute Gasteiger partial charge is 0.403 e.